The van der Waals surface area contributed by atoms with E-state index in [-0.39, 0.29) is 5.75 Å². The van der Waals surface area contributed by atoms with Gasteiger partial charge in [0.25, 0.3) is 0 Å². The highest BCUT2D eigenvalue weighted by atomic mass is 32.1. The van der Waals surface area contributed by atoms with Crippen LogP contribution in [0.5, 0.6) is 11.5 Å². The summed E-state index contributed by atoms with van der Waals surface area (Å²) < 4.78 is 7.39. The lowest BCUT2D eigenvalue weighted by Gasteiger charge is -2.07. The number of rotatable bonds is 6. The van der Waals surface area contributed by atoms with Crippen LogP contribution in [-0.2, 0) is 0 Å². The normalized spacial score (nSPS) is 10.9. The van der Waals surface area contributed by atoms with E-state index in [1.165, 1.54) is 0 Å². The number of aromatic amines is 1. The van der Waals surface area contributed by atoms with Crippen LogP contribution in [-0.4, -0.2) is 32.8 Å². The molecule has 0 aliphatic carbocycles. The lowest BCUT2D eigenvalue weighted by atomic mass is 10.2. The van der Waals surface area contributed by atoms with Crippen LogP contribution in [0.3, 0.4) is 0 Å². The van der Waals surface area contributed by atoms with Gasteiger partial charge in [0, 0.05) is 5.56 Å². The number of hydrogen-bond acceptors (Lipinski definition) is 6. The predicted molar refractivity (Wildman–Crippen MR) is 99.1 cm³/mol. The molecule has 0 saturated heterocycles. The minimum absolute atomic E-state index is 0.180. The van der Waals surface area contributed by atoms with Crippen molar-refractivity contribution < 1.29 is 9.84 Å². The molecule has 0 aliphatic rings. The van der Waals surface area contributed by atoms with E-state index in [1.54, 1.807) is 29.1 Å². The van der Waals surface area contributed by atoms with Crippen LogP contribution in [0.25, 0.3) is 11.4 Å². The van der Waals surface area contributed by atoms with Gasteiger partial charge < -0.3 is 9.84 Å². The summed E-state index contributed by atoms with van der Waals surface area (Å²) in [6.07, 6.45) is 1.58. The molecule has 0 radical (unpaired) electrons. The van der Waals surface area contributed by atoms with Gasteiger partial charge in [-0.2, -0.15) is 14.9 Å². The summed E-state index contributed by atoms with van der Waals surface area (Å²) in [5, 5.41) is 20.6. The van der Waals surface area contributed by atoms with Crippen LogP contribution in [0.4, 0.5) is 0 Å². The van der Waals surface area contributed by atoms with E-state index in [4.69, 9.17) is 17.0 Å². The Labute approximate surface area is 149 Å². The average molecular weight is 355 g/mol. The van der Waals surface area contributed by atoms with Gasteiger partial charge in [-0.3, -0.25) is 0 Å². The van der Waals surface area contributed by atoms with Gasteiger partial charge in [0.1, 0.15) is 11.5 Å². The van der Waals surface area contributed by atoms with Crippen molar-refractivity contribution in [3.63, 3.8) is 0 Å². The molecule has 0 fully saturated rings. The van der Waals surface area contributed by atoms with E-state index in [1.807, 2.05) is 37.3 Å². The minimum atomic E-state index is 0.180. The van der Waals surface area contributed by atoms with Gasteiger partial charge in [0.2, 0.25) is 4.77 Å². The van der Waals surface area contributed by atoms with Crippen molar-refractivity contribution in [2.75, 3.05) is 12.1 Å². The lowest BCUT2D eigenvalue weighted by Crippen LogP contribution is -2.10. The molecule has 0 unspecified atom stereocenters. The fraction of sp³-hybridized carbons (Fsp3) is 0.118. The smallest absolute Gasteiger partial charge is 0.216 e. The molecular formula is C17H17N5O2S. The molecular weight excluding hydrogens is 338 g/mol. The number of H-pyrrole nitrogens is 1. The van der Waals surface area contributed by atoms with Crippen molar-refractivity contribution in [1.29, 1.82) is 0 Å². The number of phenols is 1. The number of hydrogen-bond donors (Lipinski definition) is 3. The number of ether oxygens (including phenoxy) is 1. The Morgan fingerprint density at radius 1 is 1.32 bits per heavy atom. The van der Waals surface area contributed by atoms with Crippen molar-refractivity contribution in [2.24, 2.45) is 5.10 Å². The van der Waals surface area contributed by atoms with E-state index >= 15 is 0 Å². The SMILES string of the molecule is CCOc1ccc(-c2n[nH]c(=S)n2N/N=C/c2cccc(O)c2)cc1. The molecule has 0 amide bonds. The number of aromatic hydroxyl groups is 1. The van der Waals surface area contributed by atoms with Crippen molar-refractivity contribution in [1.82, 2.24) is 14.9 Å². The number of nitrogens with zero attached hydrogens (tertiary/aromatic N) is 3. The van der Waals surface area contributed by atoms with Gasteiger partial charge in [0.15, 0.2) is 5.82 Å². The minimum Gasteiger partial charge on any atom is -0.508 e. The number of hydrazone groups is 1. The Hall–Kier alpha value is -3.13. The van der Waals surface area contributed by atoms with Crippen molar-refractivity contribution >= 4 is 18.4 Å². The maximum absolute atomic E-state index is 9.46. The van der Waals surface area contributed by atoms with E-state index < -0.39 is 0 Å². The molecule has 3 aromatic rings. The van der Waals surface area contributed by atoms with E-state index in [9.17, 15) is 5.11 Å². The number of nitrogens with one attached hydrogen (secondary N) is 2. The first-order valence-corrected chi connectivity index (χ1v) is 8.07. The fourth-order valence-electron chi connectivity index (χ4n) is 2.22. The van der Waals surface area contributed by atoms with Crippen LogP contribution in [0.1, 0.15) is 12.5 Å². The quantitative estimate of drug-likeness (QED) is 0.359. The molecule has 3 rings (SSSR count). The molecule has 1 heterocycles. The van der Waals surface area contributed by atoms with E-state index in [0.29, 0.717) is 17.2 Å². The second kappa shape index (κ2) is 7.63. The van der Waals surface area contributed by atoms with Gasteiger partial charge in [-0.1, -0.05) is 12.1 Å². The fourth-order valence-corrected chi connectivity index (χ4v) is 2.39. The maximum atomic E-state index is 9.46. The number of phenolic OH excluding ortho intramolecular Hbond substituents is 1. The molecule has 0 bridgehead atoms. The van der Waals surface area contributed by atoms with Crippen LogP contribution in [0, 0.1) is 4.77 Å². The molecule has 7 nitrogen and oxygen atoms in total. The average Bonchev–Trinajstić information content (AvgIpc) is 2.97. The Morgan fingerprint density at radius 2 is 2.12 bits per heavy atom. The van der Waals surface area contributed by atoms with Gasteiger partial charge in [-0.05, 0) is 61.1 Å². The summed E-state index contributed by atoms with van der Waals surface area (Å²) in [5.41, 5.74) is 4.46. The summed E-state index contributed by atoms with van der Waals surface area (Å²) in [4.78, 5) is 0. The number of benzene rings is 2. The number of aromatic nitrogens is 3. The highest BCUT2D eigenvalue weighted by Gasteiger charge is 2.08. The van der Waals surface area contributed by atoms with Crippen LogP contribution in [0.2, 0.25) is 0 Å². The molecule has 8 heteroatoms. The van der Waals surface area contributed by atoms with Crippen molar-refractivity contribution in [3.8, 4) is 22.9 Å². The third kappa shape index (κ3) is 4.04. The Balaban J connectivity index is 1.81. The van der Waals surface area contributed by atoms with Crippen molar-refractivity contribution in [2.45, 2.75) is 6.92 Å². The summed E-state index contributed by atoms with van der Waals surface area (Å²) in [6, 6.07) is 14.3. The zero-order valence-corrected chi connectivity index (χ0v) is 14.3. The van der Waals surface area contributed by atoms with Gasteiger partial charge in [0.05, 0.1) is 12.8 Å². The van der Waals surface area contributed by atoms with Crippen LogP contribution >= 0.6 is 12.2 Å². The highest BCUT2D eigenvalue weighted by molar-refractivity contribution is 7.71. The second-order valence-electron chi connectivity index (χ2n) is 5.10. The van der Waals surface area contributed by atoms with Gasteiger partial charge in [-0.25, -0.2) is 10.6 Å². The molecule has 128 valence electrons. The monoisotopic (exact) mass is 355 g/mol. The maximum Gasteiger partial charge on any atom is 0.216 e. The molecule has 0 saturated carbocycles. The Morgan fingerprint density at radius 3 is 2.84 bits per heavy atom. The third-order valence-electron chi connectivity index (χ3n) is 3.34. The largest absolute Gasteiger partial charge is 0.508 e. The lowest BCUT2D eigenvalue weighted by molar-refractivity contribution is 0.340. The Kier molecular flexibility index (Phi) is 5.10. The molecule has 0 atom stereocenters. The summed E-state index contributed by atoms with van der Waals surface area (Å²) in [5.74, 6) is 1.57. The van der Waals surface area contributed by atoms with Gasteiger partial charge >= 0.3 is 0 Å². The van der Waals surface area contributed by atoms with Crippen LogP contribution in [0.15, 0.2) is 53.6 Å². The first-order chi connectivity index (χ1) is 12.2. The highest BCUT2D eigenvalue weighted by Crippen LogP contribution is 2.20. The van der Waals surface area contributed by atoms with Crippen LogP contribution < -0.4 is 10.3 Å². The summed E-state index contributed by atoms with van der Waals surface area (Å²) >= 11 is 5.23. The zero-order valence-electron chi connectivity index (χ0n) is 13.5. The molecule has 25 heavy (non-hydrogen) atoms. The van der Waals surface area contributed by atoms with Crippen molar-refractivity contribution in [3.05, 3.63) is 58.9 Å². The molecule has 1 aromatic heterocycles. The van der Waals surface area contributed by atoms with E-state index in [2.05, 4.69) is 20.8 Å². The molecule has 0 aliphatic heterocycles. The third-order valence-corrected chi connectivity index (χ3v) is 3.61. The van der Waals surface area contributed by atoms with E-state index in [0.717, 1.165) is 16.9 Å². The summed E-state index contributed by atoms with van der Waals surface area (Å²) in [7, 11) is 0. The molecule has 2 aromatic carbocycles. The first-order valence-electron chi connectivity index (χ1n) is 7.66. The van der Waals surface area contributed by atoms with Gasteiger partial charge in [-0.15, -0.1) is 0 Å². The second-order valence-corrected chi connectivity index (χ2v) is 5.49. The summed E-state index contributed by atoms with van der Waals surface area (Å²) in [6.45, 7) is 2.55. The zero-order chi connectivity index (χ0) is 17.6. The standard InChI is InChI=1S/C17H17N5O2S/c1-2-24-15-8-6-13(7-9-15)16-19-20-17(25)22(16)21-18-11-12-4-3-5-14(23)10-12/h3-11,21,23H,2H2,1H3,(H,20,25)/b18-11+. The Bertz CT molecular complexity index is 931. The first kappa shape index (κ1) is 16.7. The molecule has 0 spiro atoms. The topological polar surface area (TPSA) is 87.5 Å². The molecule has 3 N–H and O–H groups in total. The predicted octanol–water partition coefficient (Wildman–Crippen LogP) is 3.29.